The Bertz CT molecular complexity index is 554. The van der Waals surface area contributed by atoms with E-state index in [0.717, 1.165) is 19.4 Å². The smallest absolute Gasteiger partial charge is 0.214 e. The Morgan fingerprint density at radius 1 is 1.19 bits per heavy atom. The fourth-order valence-corrected chi connectivity index (χ4v) is 4.35. The second kappa shape index (κ2) is 6.90. The summed E-state index contributed by atoms with van der Waals surface area (Å²) >= 11 is 0. The van der Waals surface area contributed by atoms with Crippen LogP contribution in [0.2, 0.25) is 0 Å². The fraction of sp³-hybridized carbons (Fsp3) is 0.625. The minimum atomic E-state index is -3.11. The van der Waals surface area contributed by atoms with E-state index in [2.05, 4.69) is 43.1 Å². The molecule has 1 unspecified atom stereocenters. The normalized spacial score (nSPS) is 21.6. The van der Waals surface area contributed by atoms with E-state index < -0.39 is 10.0 Å². The van der Waals surface area contributed by atoms with Crippen molar-refractivity contribution in [2.24, 2.45) is 0 Å². The van der Waals surface area contributed by atoms with Gasteiger partial charge in [0, 0.05) is 25.7 Å². The van der Waals surface area contributed by atoms with Crippen molar-refractivity contribution >= 4 is 10.0 Å². The zero-order valence-corrected chi connectivity index (χ0v) is 14.1. The molecule has 4 nitrogen and oxygen atoms in total. The van der Waals surface area contributed by atoms with Gasteiger partial charge in [-0.25, -0.2) is 8.42 Å². The van der Waals surface area contributed by atoms with Gasteiger partial charge in [0.2, 0.25) is 10.0 Å². The first-order chi connectivity index (χ1) is 9.94. The molecule has 1 fully saturated rings. The summed E-state index contributed by atoms with van der Waals surface area (Å²) < 4.78 is 26.5. The molecule has 1 saturated heterocycles. The predicted molar refractivity (Wildman–Crippen MR) is 86.8 cm³/mol. The van der Waals surface area contributed by atoms with E-state index in [0.29, 0.717) is 13.1 Å². The van der Waals surface area contributed by atoms with E-state index >= 15 is 0 Å². The highest BCUT2D eigenvalue weighted by Gasteiger charge is 2.31. The molecule has 0 radical (unpaired) electrons. The third-order valence-electron chi connectivity index (χ3n) is 4.22. The summed E-state index contributed by atoms with van der Waals surface area (Å²) in [5.74, 6) is 0.272. The van der Waals surface area contributed by atoms with Crippen molar-refractivity contribution in [2.45, 2.75) is 32.7 Å². The number of rotatable bonds is 5. The lowest BCUT2D eigenvalue weighted by Crippen LogP contribution is -2.49. The van der Waals surface area contributed by atoms with Crippen LogP contribution in [-0.2, 0) is 10.0 Å². The zero-order chi connectivity index (χ0) is 15.5. The van der Waals surface area contributed by atoms with Gasteiger partial charge in [-0.2, -0.15) is 4.31 Å². The number of aryl methyl sites for hydroxylation is 1. The van der Waals surface area contributed by atoms with Crippen molar-refractivity contribution < 1.29 is 8.42 Å². The standard InChI is InChI=1S/C16H26N2O2S/c1-4-5-12-21(19,20)18-11-10-17(3)16(13-18)15-8-6-14(2)7-9-15/h6-9,16H,4-5,10-13H2,1-3H3. The van der Waals surface area contributed by atoms with E-state index in [9.17, 15) is 8.42 Å². The predicted octanol–water partition coefficient (Wildman–Crippen LogP) is 2.41. The third-order valence-corrected chi connectivity index (χ3v) is 6.15. The Kier molecular flexibility index (Phi) is 5.41. The van der Waals surface area contributed by atoms with Gasteiger partial charge in [0.25, 0.3) is 0 Å². The van der Waals surface area contributed by atoms with Crippen molar-refractivity contribution in [3.8, 4) is 0 Å². The first kappa shape index (κ1) is 16.5. The lowest BCUT2D eigenvalue weighted by molar-refractivity contribution is 0.148. The van der Waals surface area contributed by atoms with Crippen LogP contribution in [0.1, 0.15) is 36.9 Å². The topological polar surface area (TPSA) is 40.6 Å². The molecule has 1 heterocycles. The molecule has 0 bridgehead atoms. The lowest BCUT2D eigenvalue weighted by Gasteiger charge is -2.39. The van der Waals surface area contributed by atoms with Gasteiger partial charge in [0.1, 0.15) is 0 Å². The van der Waals surface area contributed by atoms with Gasteiger partial charge in [0.15, 0.2) is 0 Å². The lowest BCUT2D eigenvalue weighted by atomic mass is 10.0. The van der Waals surface area contributed by atoms with Crippen LogP contribution in [0.3, 0.4) is 0 Å². The molecule has 2 rings (SSSR count). The van der Waals surface area contributed by atoms with Crippen molar-refractivity contribution in [3.63, 3.8) is 0 Å². The molecule has 0 saturated carbocycles. The summed E-state index contributed by atoms with van der Waals surface area (Å²) in [7, 11) is -1.04. The highest BCUT2D eigenvalue weighted by atomic mass is 32.2. The molecular formula is C16H26N2O2S. The van der Waals surface area contributed by atoms with Crippen LogP contribution in [0, 0.1) is 6.92 Å². The largest absolute Gasteiger partial charge is 0.297 e. The van der Waals surface area contributed by atoms with Crippen LogP contribution in [-0.4, -0.2) is 50.1 Å². The average Bonchev–Trinajstić information content (AvgIpc) is 2.46. The van der Waals surface area contributed by atoms with Crippen LogP contribution in [0.4, 0.5) is 0 Å². The maximum absolute atomic E-state index is 12.4. The minimum absolute atomic E-state index is 0.149. The molecule has 1 atom stereocenters. The van der Waals surface area contributed by atoms with E-state index in [-0.39, 0.29) is 11.8 Å². The van der Waals surface area contributed by atoms with Crippen molar-refractivity contribution in [1.29, 1.82) is 0 Å². The van der Waals surface area contributed by atoms with Gasteiger partial charge in [-0.1, -0.05) is 43.2 Å². The van der Waals surface area contributed by atoms with Gasteiger partial charge >= 0.3 is 0 Å². The van der Waals surface area contributed by atoms with Gasteiger partial charge in [-0.05, 0) is 26.0 Å². The second-order valence-electron chi connectivity index (χ2n) is 5.93. The number of unbranched alkanes of at least 4 members (excludes halogenated alkanes) is 1. The Labute approximate surface area is 128 Å². The number of piperazine rings is 1. The van der Waals surface area contributed by atoms with Gasteiger partial charge in [-0.15, -0.1) is 0 Å². The number of nitrogens with zero attached hydrogens (tertiary/aromatic N) is 2. The van der Waals surface area contributed by atoms with Crippen LogP contribution >= 0.6 is 0 Å². The molecule has 1 aliphatic rings. The Hall–Kier alpha value is -0.910. The molecule has 5 heteroatoms. The molecular weight excluding hydrogens is 284 g/mol. The Morgan fingerprint density at radius 2 is 1.86 bits per heavy atom. The number of hydrogen-bond acceptors (Lipinski definition) is 3. The molecule has 21 heavy (non-hydrogen) atoms. The molecule has 0 N–H and O–H groups in total. The second-order valence-corrected chi connectivity index (χ2v) is 8.02. The number of likely N-dealkylation sites (N-methyl/N-ethyl adjacent to an activating group) is 1. The minimum Gasteiger partial charge on any atom is -0.297 e. The summed E-state index contributed by atoms with van der Waals surface area (Å²) in [5.41, 5.74) is 2.42. The maximum atomic E-state index is 12.4. The van der Waals surface area contributed by atoms with Crippen LogP contribution in [0.5, 0.6) is 0 Å². The van der Waals surface area contributed by atoms with Crippen molar-refractivity contribution in [3.05, 3.63) is 35.4 Å². The summed E-state index contributed by atoms with van der Waals surface area (Å²) in [5, 5.41) is 0. The summed E-state index contributed by atoms with van der Waals surface area (Å²) in [4.78, 5) is 2.25. The number of benzene rings is 1. The van der Waals surface area contributed by atoms with Crippen LogP contribution in [0.25, 0.3) is 0 Å². The first-order valence-corrected chi connectivity index (χ1v) is 9.29. The van der Waals surface area contributed by atoms with Gasteiger partial charge < -0.3 is 0 Å². The highest BCUT2D eigenvalue weighted by Crippen LogP contribution is 2.26. The molecule has 1 aromatic rings. The van der Waals surface area contributed by atoms with Crippen molar-refractivity contribution in [2.75, 3.05) is 32.4 Å². The molecule has 118 valence electrons. The quantitative estimate of drug-likeness (QED) is 0.838. The molecule has 0 amide bonds. The van der Waals surface area contributed by atoms with E-state index in [1.54, 1.807) is 4.31 Å². The van der Waals surface area contributed by atoms with E-state index in [1.807, 2.05) is 6.92 Å². The summed E-state index contributed by atoms with van der Waals surface area (Å²) in [6, 6.07) is 8.55. The third kappa shape index (κ3) is 4.05. The zero-order valence-electron chi connectivity index (χ0n) is 13.2. The van der Waals surface area contributed by atoms with E-state index in [1.165, 1.54) is 11.1 Å². The van der Waals surface area contributed by atoms with Gasteiger partial charge in [0.05, 0.1) is 5.75 Å². The maximum Gasteiger partial charge on any atom is 0.214 e. The SMILES string of the molecule is CCCCS(=O)(=O)N1CCN(C)C(c2ccc(C)cc2)C1. The first-order valence-electron chi connectivity index (χ1n) is 7.68. The molecule has 0 spiro atoms. The monoisotopic (exact) mass is 310 g/mol. The van der Waals surface area contributed by atoms with Crippen molar-refractivity contribution in [1.82, 2.24) is 9.21 Å². The van der Waals surface area contributed by atoms with Crippen LogP contribution in [0.15, 0.2) is 24.3 Å². The Morgan fingerprint density at radius 3 is 2.48 bits per heavy atom. The number of hydrogen-bond donors (Lipinski definition) is 0. The fourth-order valence-electron chi connectivity index (χ4n) is 2.71. The van der Waals surface area contributed by atoms with Crippen LogP contribution < -0.4 is 0 Å². The summed E-state index contributed by atoms with van der Waals surface area (Å²) in [6.07, 6.45) is 1.65. The van der Waals surface area contributed by atoms with Gasteiger partial charge in [-0.3, -0.25) is 4.90 Å². The molecule has 0 aromatic heterocycles. The highest BCUT2D eigenvalue weighted by molar-refractivity contribution is 7.89. The average molecular weight is 310 g/mol. The van der Waals surface area contributed by atoms with E-state index in [4.69, 9.17) is 0 Å². The number of sulfonamides is 1. The molecule has 1 aromatic carbocycles. The summed E-state index contributed by atoms with van der Waals surface area (Å²) in [6.45, 7) is 6.03. The Balaban J connectivity index is 2.14. The molecule has 1 aliphatic heterocycles. The molecule has 0 aliphatic carbocycles.